The Hall–Kier alpha value is -3.00. The van der Waals surface area contributed by atoms with E-state index in [1.807, 2.05) is 29.0 Å². The molecule has 0 fully saturated rings. The number of benzene rings is 1. The summed E-state index contributed by atoms with van der Waals surface area (Å²) in [5, 5.41) is 10.3. The second-order valence-electron chi connectivity index (χ2n) is 5.74. The molecule has 0 radical (unpaired) electrons. The van der Waals surface area contributed by atoms with Gasteiger partial charge in [0.2, 0.25) is 5.88 Å². The molecule has 3 aromatic rings. The SMILES string of the molecule is Cn1c(O)c(C=NCCCn2ccnc2)c(=O)n(-c2ccccc2)c1=S. The molecule has 2 heterocycles. The second-order valence-corrected chi connectivity index (χ2v) is 6.11. The van der Waals surface area contributed by atoms with Crippen molar-refractivity contribution in [3.63, 3.8) is 0 Å². The molecule has 0 unspecified atom stereocenters. The average molecular weight is 369 g/mol. The summed E-state index contributed by atoms with van der Waals surface area (Å²) in [7, 11) is 1.62. The Bertz CT molecular complexity index is 1020. The van der Waals surface area contributed by atoms with Crippen LogP contribution in [0.25, 0.3) is 5.69 Å². The van der Waals surface area contributed by atoms with Crippen LogP contribution >= 0.6 is 12.2 Å². The van der Waals surface area contributed by atoms with Crippen LogP contribution in [-0.2, 0) is 13.6 Å². The smallest absolute Gasteiger partial charge is 0.271 e. The number of hydrogen-bond acceptors (Lipinski definition) is 5. The van der Waals surface area contributed by atoms with Gasteiger partial charge >= 0.3 is 0 Å². The molecule has 8 heteroatoms. The van der Waals surface area contributed by atoms with Crippen molar-refractivity contribution in [3.8, 4) is 11.6 Å². The van der Waals surface area contributed by atoms with Gasteiger partial charge in [-0.25, -0.2) is 4.98 Å². The van der Waals surface area contributed by atoms with Crippen molar-refractivity contribution in [2.24, 2.45) is 12.0 Å². The van der Waals surface area contributed by atoms with Crippen LogP contribution in [0.5, 0.6) is 5.88 Å². The Balaban J connectivity index is 1.87. The molecule has 0 aliphatic heterocycles. The lowest BCUT2D eigenvalue weighted by Crippen LogP contribution is -2.26. The maximum atomic E-state index is 12.8. The van der Waals surface area contributed by atoms with Crippen LogP contribution in [0.2, 0.25) is 0 Å². The molecule has 0 bridgehead atoms. The summed E-state index contributed by atoms with van der Waals surface area (Å²) >= 11 is 5.32. The van der Waals surface area contributed by atoms with E-state index in [1.54, 1.807) is 31.7 Å². The number of rotatable bonds is 6. The molecule has 0 atom stereocenters. The first-order chi connectivity index (χ1) is 12.6. The van der Waals surface area contributed by atoms with Gasteiger partial charge in [0.1, 0.15) is 5.56 Å². The lowest BCUT2D eigenvalue weighted by molar-refractivity contribution is 0.417. The molecule has 0 spiro atoms. The van der Waals surface area contributed by atoms with Crippen LogP contribution < -0.4 is 5.56 Å². The third kappa shape index (κ3) is 3.65. The molecule has 7 nitrogen and oxygen atoms in total. The molecule has 1 aromatic carbocycles. The van der Waals surface area contributed by atoms with E-state index in [0.29, 0.717) is 12.2 Å². The highest BCUT2D eigenvalue weighted by molar-refractivity contribution is 7.71. The summed E-state index contributed by atoms with van der Waals surface area (Å²) < 4.78 is 4.97. The summed E-state index contributed by atoms with van der Waals surface area (Å²) in [6.07, 6.45) is 7.57. The van der Waals surface area contributed by atoms with Gasteiger partial charge in [-0.3, -0.25) is 18.9 Å². The van der Waals surface area contributed by atoms with Gasteiger partial charge in [0, 0.05) is 38.7 Å². The van der Waals surface area contributed by atoms with Gasteiger partial charge in [-0.2, -0.15) is 0 Å². The predicted molar refractivity (Wildman–Crippen MR) is 103 cm³/mol. The topological polar surface area (TPSA) is 77.3 Å². The Morgan fingerprint density at radius 1 is 1.31 bits per heavy atom. The molecular formula is C18H19N5O2S. The predicted octanol–water partition coefficient (Wildman–Crippen LogP) is 2.32. The van der Waals surface area contributed by atoms with Crippen molar-refractivity contribution >= 4 is 18.4 Å². The number of aromatic nitrogens is 4. The van der Waals surface area contributed by atoms with Crippen molar-refractivity contribution in [1.29, 1.82) is 0 Å². The number of nitrogens with zero attached hydrogens (tertiary/aromatic N) is 5. The largest absolute Gasteiger partial charge is 0.494 e. The highest BCUT2D eigenvalue weighted by Gasteiger charge is 2.14. The second kappa shape index (κ2) is 7.92. The van der Waals surface area contributed by atoms with Crippen LogP contribution in [0.3, 0.4) is 0 Å². The standard InChI is InChI=1S/C18H19N5O2S/c1-21-16(24)15(12-19-8-5-10-22-11-9-20-13-22)17(25)23(18(21)26)14-6-3-2-4-7-14/h2-4,6-7,9,11-13,24H,5,8,10H2,1H3. The zero-order valence-corrected chi connectivity index (χ0v) is 15.1. The molecule has 3 rings (SSSR count). The molecular weight excluding hydrogens is 350 g/mol. The zero-order chi connectivity index (χ0) is 18.5. The van der Waals surface area contributed by atoms with Crippen molar-refractivity contribution in [2.45, 2.75) is 13.0 Å². The van der Waals surface area contributed by atoms with Crippen molar-refractivity contribution in [2.75, 3.05) is 6.54 Å². The van der Waals surface area contributed by atoms with Gasteiger partial charge < -0.3 is 9.67 Å². The van der Waals surface area contributed by atoms with Crippen LogP contribution in [0.1, 0.15) is 12.0 Å². The van der Waals surface area contributed by atoms with Gasteiger partial charge in [-0.1, -0.05) is 18.2 Å². The van der Waals surface area contributed by atoms with E-state index in [0.717, 1.165) is 13.0 Å². The van der Waals surface area contributed by atoms with E-state index in [4.69, 9.17) is 12.2 Å². The third-order valence-corrected chi connectivity index (χ3v) is 4.42. The quantitative estimate of drug-likeness (QED) is 0.411. The Morgan fingerprint density at radius 3 is 2.77 bits per heavy atom. The lowest BCUT2D eigenvalue weighted by Gasteiger charge is -2.12. The molecule has 0 amide bonds. The molecule has 1 N–H and O–H groups in total. The molecule has 0 aliphatic carbocycles. The number of para-hydroxylation sites is 1. The Labute approximate surface area is 155 Å². The van der Waals surface area contributed by atoms with E-state index >= 15 is 0 Å². The minimum Gasteiger partial charge on any atom is -0.494 e. The summed E-state index contributed by atoms with van der Waals surface area (Å²) in [6, 6.07) is 9.10. The van der Waals surface area contributed by atoms with E-state index in [2.05, 4.69) is 9.98 Å². The number of aromatic hydroxyl groups is 1. The molecule has 0 saturated heterocycles. The van der Waals surface area contributed by atoms with Crippen molar-refractivity contribution in [3.05, 3.63) is 69.7 Å². The Kier molecular flexibility index (Phi) is 5.43. The van der Waals surface area contributed by atoms with Gasteiger partial charge in [-0.05, 0) is 30.8 Å². The summed E-state index contributed by atoms with van der Waals surface area (Å²) in [5.41, 5.74) is 0.371. The van der Waals surface area contributed by atoms with E-state index < -0.39 is 5.56 Å². The highest BCUT2D eigenvalue weighted by Crippen LogP contribution is 2.14. The Morgan fingerprint density at radius 2 is 2.08 bits per heavy atom. The van der Waals surface area contributed by atoms with E-state index in [9.17, 15) is 9.90 Å². The first-order valence-corrected chi connectivity index (χ1v) is 8.56. The summed E-state index contributed by atoms with van der Waals surface area (Å²) in [5.74, 6) is -0.189. The number of imidazole rings is 1. The minimum atomic E-state index is -0.393. The zero-order valence-electron chi connectivity index (χ0n) is 14.3. The fourth-order valence-electron chi connectivity index (χ4n) is 2.56. The number of hydrogen-bond donors (Lipinski definition) is 1. The van der Waals surface area contributed by atoms with Gasteiger partial charge in [0.15, 0.2) is 4.77 Å². The van der Waals surface area contributed by atoms with Gasteiger partial charge in [0.25, 0.3) is 5.56 Å². The maximum Gasteiger partial charge on any atom is 0.271 e. The maximum absolute atomic E-state index is 12.8. The van der Waals surface area contributed by atoms with Crippen LogP contribution in [0.15, 0.2) is 58.8 Å². The van der Waals surface area contributed by atoms with Crippen LogP contribution in [0.4, 0.5) is 0 Å². The summed E-state index contributed by atoms with van der Waals surface area (Å²) in [4.78, 5) is 21.1. The number of aryl methyl sites for hydroxylation is 1. The lowest BCUT2D eigenvalue weighted by atomic mass is 10.3. The summed E-state index contributed by atoms with van der Waals surface area (Å²) in [6.45, 7) is 1.32. The molecule has 0 aliphatic rings. The normalized spacial score (nSPS) is 11.3. The average Bonchev–Trinajstić information content (AvgIpc) is 3.17. The monoisotopic (exact) mass is 369 g/mol. The molecule has 134 valence electrons. The first-order valence-electron chi connectivity index (χ1n) is 8.15. The van der Waals surface area contributed by atoms with Crippen molar-refractivity contribution < 1.29 is 5.11 Å². The molecule has 2 aromatic heterocycles. The van der Waals surface area contributed by atoms with E-state index in [1.165, 1.54) is 15.3 Å². The van der Waals surface area contributed by atoms with Gasteiger partial charge in [0.05, 0.1) is 12.0 Å². The van der Waals surface area contributed by atoms with Crippen LogP contribution in [-0.4, -0.2) is 36.6 Å². The first kappa shape index (κ1) is 17.8. The molecule has 26 heavy (non-hydrogen) atoms. The fourth-order valence-corrected chi connectivity index (χ4v) is 2.84. The van der Waals surface area contributed by atoms with Gasteiger partial charge in [-0.15, -0.1) is 0 Å². The van der Waals surface area contributed by atoms with Crippen molar-refractivity contribution in [1.82, 2.24) is 18.7 Å². The van der Waals surface area contributed by atoms with Crippen LogP contribution in [0, 0.1) is 4.77 Å². The molecule has 0 saturated carbocycles. The fraction of sp³-hybridized carbons (Fsp3) is 0.222. The third-order valence-electron chi connectivity index (χ3n) is 3.97. The minimum absolute atomic E-state index is 0.118. The van der Waals surface area contributed by atoms with E-state index in [-0.39, 0.29) is 16.2 Å². The highest BCUT2D eigenvalue weighted by atomic mass is 32.1. The number of aliphatic imine (C=N–C) groups is 1.